The van der Waals surface area contributed by atoms with Crippen LogP contribution in [-0.4, -0.2) is 99.6 Å². The fourth-order valence-corrected chi connectivity index (χ4v) is 10.3. The van der Waals surface area contributed by atoms with Gasteiger partial charge in [0.05, 0.1) is 37.3 Å². The average molecular weight is 1180 g/mol. The van der Waals surface area contributed by atoms with Gasteiger partial charge < -0.3 is 29.6 Å². The minimum atomic E-state index is -0.546. The highest BCUT2D eigenvalue weighted by atomic mass is 32.2. The predicted molar refractivity (Wildman–Crippen MR) is 338 cm³/mol. The first kappa shape index (κ1) is 67.9. The number of thioether (sulfide) groups is 2. The van der Waals surface area contributed by atoms with Gasteiger partial charge in [-0.05, 0) is 155 Å². The molecule has 14 heteroatoms. The summed E-state index contributed by atoms with van der Waals surface area (Å²) in [5.41, 5.74) is 8.42. The van der Waals surface area contributed by atoms with Gasteiger partial charge in [-0.2, -0.15) is 0 Å². The van der Waals surface area contributed by atoms with Crippen LogP contribution in [0.25, 0.3) is 0 Å². The summed E-state index contributed by atoms with van der Waals surface area (Å²) in [4.78, 5) is 78.2. The summed E-state index contributed by atoms with van der Waals surface area (Å²) in [5.74, 6) is 0.187. The standard InChI is InChI=1S/C36H45NO5.C34H41NO5S2/c1-26-6-10-28(11-7-26)14-16-30(17-15-29-12-8-27(2)9-13-29)33(38)31-18-20-32(21-19-31)34(39)37-22-23-41-24-25-42-35(40)36(3,4)5;1-24-6-14-29(15-7-24)41-22-28(23-42-30-16-8-25(2)9-17-30)31(36)26-10-12-27(13-11-26)32(37)35-18-19-39-20-21-40-33(38)34(3,4)5/h6-13,18-21,30H,14-17,22-25H2,1-5H3,(H,37,39);6-17,28H,18-23H2,1-5H3,(H,35,37). The molecule has 0 saturated carbocycles. The number of hydrogen-bond acceptors (Lipinski definition) is 12. The van der Waals surface area contributed by atoms with Crippen molar-refractivity contribution in [1.82, 2.24) is 10.6 Å². The number of benzene rings is 6. The van der Waals surface area contributed by atoms with E-state index in [9.17, 15) is 28.8 Å². The van der Waals surface area contributed by atoms with Gasteiger partial charge in [-0.1, -0.05) is 119 Å². The van der Waals surface area contributed by atoms with Gasteiger partial charge in [0.15, 0.2) is 11.6 Å². The first-order valence-corrected chi connectivity index (χ1v) is 30.9. The number of Topliss-reactive ketones (excluding diaryl/α,β-unsaturated/α-hetero) is 2. The van der Waals surface area contributed by atoms with Gasteiger partial charge in [-0.15, -0.1) is 23.5 Å². The van der Waals surface area contributed by atoms with Crippen molar-refractivity contribution in [2.75, 3.05) is 64.2 Å². The first-order chi connectivity index (χ1) is 40.0. The SMILES string of the molecule is Cc1ccc(CCC(CCc2ccc(C)cc2)C(=O)c2ccc(C(=O)NCCOCCOC(=O)C(C)(C)C)cc2)cc1.Cc1ccc(SCC(CSc2ccc(C)cc2)C(=O)c2ccc(C(=O)NCCOCCOC(=O)C(C)(C)C)cc2)cc1. The fraction of sp³-hybridized carbons (Fsp3) is 0.400. The maximum Gasteiger partial charge on any atom is 0.311 e. The third-order valence-corrected chi connectivity index (χ3v) is 15.9. The van der Waals surface area contributed by atoms with E-state index in [1.807, 2.05) is 0 Å². The van der Waals surface area contributed by atoms with Gasteiger partial charge in [0.25, 0.3) is 11.8 Å². The highest BCUT2D eigenvalue weighted by Gasteiger charge is 2.25. The van der Waals surface area contributed by atoms with E-state index in [0.717, 1.165) is 35.5 Å². The lowest BCUT2D eigenvalue weighted by molar-refractivity contribution is -0.155. The number of amides is 2. The predicted octanol–water partition coefficient (Wildman–Crippen LogP) is 13.7. The third-order valence-electron chi connectivity index (χ3n) is 13.6. The molecule has 448 valence electrons. The topological polar surface area (TPSA) is 163 Å². The van der Waals surface area contributed by atoms with Crippen molar-refractivity contribution in [3.05, 3.63) is 201 Å². The summed E-state index contributed by atoms with van der Waals surface area (Å²) >= 11 is 3.38. The molecule has 6 aromatic rings. The van der Waals surface area contributed by atoms with Crippen molar-refractivity contribution in [1.29, 1.82) is 0 Å². The number of nitrogens with one attached hydrogen (secondary N) is 2. The monoisotopic (exact) mass is 1180 g/mol. The number of hydrogen-bond donors (Lipinski definition) is 2. The molecule has 2 amide bonds. The van der Waals surface area contributed by atoms with Crippen LogP contribution < -0.4 is 10.6 Å². The van der Waals surface area contributed by atoms with Crippen molar-refractivity contribution in [2.45, 2.75) is 105 Å². The third kappa shape index (κ3) is 24.8. The van der Waals surface area contributed by atoms with Crippen LogP contribution in [-0.2, 0) is 41.4 Å². The molecular formula is C70H86N2O10S2. The molecule has 0 radical (unpaired) electrons. The molecule has 0 aliphatic carbocycles. The summed E-state index contributed by atoms with van der Waals surface area (Å²) in [6, 6.07) is 47.4. The van der Waals surface area contributed by atoms with Gasteiger partial charge >= 0.3 is 11.9 Å². The summed E-state index contributed by atoms with van der Waals surface area (Å²) in [6.45, 7) is 21.2. The number of ketones is 2. The highest BCUT2D eigenvalue weighted by molar-refractivity contribution is 8.00. The second-order valence-electron chi connectivity index (χ2n) is 23.1. The van der Waals surface area contributed by atoms with Crippen LogP contribution in [0.2, 0.25) is 0 Å². The normalized spacial score (nSPS) is 11.4. The molecule has 0 fully saturated rings. The Morgan fingerprint density at radius 2 is 0.702 bits per heavy atom. The Kier molecular flexibility index (Phi) is 28.2. The maximum absolute atomic E-state index is 13.6. The number of ether oxygens (including phenoxy) is 4. The molecule has 0 aliphatic rings. The Morgan fingerprint density at radius 3 is 1.04 bits per heavy atom. The Labute approximate surface area is 507 Å². The van der Waals surface area contributed by atoms with Gasteiger partial charge in [0.2, 0.25) is 0 Å². The Balaban J connectivity index is 0.000000307. The quantitative estimate of drug-likeness (QED) is 0.0190. The molecular weight excluding hydrogens is 1090 g/mol. The Morgan fingerprint density at radius 1 is 0.393 bits per heavy atom. The molecule has 2 N–H and O–H groups in total. The number of aryl methyl sites for hydroxylation is 6. The van der Waals surface area contributed by atoms with Crippen LogP contribution in [0.3, 0.4) is 0 Å². The zero-order valence-electron chi connectivity index (χ0n) is 50.8. The summed E-state index contributed by atoms with van der Waals surface area (Å²) in [6.07, 6.45) is 3.22. The minimum Gasteiger partial charge on any atom is -0.463 e. The van der Waals surface area contributed by atoms with Crippen LogP contribution in [0.15, 0.2) is 155 Å². The van der Waals surface area contributed by atoms with Crippen LogP contribution in [0.5, 0.6) is 0 Å². The molecule has 0 bridgehead atoms. The Hall–Kier alpha value is -6.84. The number of rotatable bonds is 30. The van der Waals surface area contributed by atoms with E-state index in [0.29, 0.717) is 60.1 Å². The lowest BCUT2D eigenvalue weighted by Gasteiger charge is -2.17. The van der Waals surface area contributed by atoms with Gasteiger partial charge in [-0.25, -0.2) is 0 Å². The molecule has 0 saturated heterocycles. The fourth-order valence-electron chi connectivity index (χ4n) is 8.20. The summed E-state index contributed by atoms with van der Waals surface area (Å²) in [7, 11) is 0. The smallest absolute Gasteiger partial charge is 0.311 e. The van der Waals surface area contributed by atoms with E-state index in [1.54, 1.807) is 114 Å². The van der Waals surface area contributed by atoms with E-state index in [-0.39, 0.29) is 73.6 Å². The molecule has 0 atom stereocenters. The van der Waals surface area contributed by atoms with E-state index in [1.165, 1.54) is 33.4 Å². The molecule has 6 aromatic carbocycles. The molecule has 0 aliphatic heterocycles. The molecule has 84 heavy (non-hydrogen) atoms. The lowest BCUT2D eigenvalue weighted by Crippen LogP contribution is -2.28. The molecule has 0 aromatic heterocycles. The van der Waals surface area contributed by atoms with Crippen molar-refractivity contribution < 1.29 is 47.7 Å². The van der Waals surface area contributed by atoms with Crippen molar-refractivity contribution in [3.63, 3.8) is 0 Å². The highest BCUT2D eigenvalue weighted by Crippen LogP contribution is 2.29. The summed E-state index contributed by atoms with van der Waals surface area (Å²) < 4.78 is 21.2. The average Bonchev–Trinajstić information content (AvgIpc) is 3.64. The van der Waals surface area contributed by atoms with Crippen LogP contribution in [0.4, 0.5) is 0 Å². The molecule has 0 unspecified atom stereocenters. The van der Waals surface area contributed by atoms with Crippen LogP contribution in [0, 0.1) is 50.4 Å². The second-order valence-corrected chi connectivity index (χ2v) is 25.3. The van der Waals surface area contributed by atoms with Crippen LogP contribution >= 0.6 is 23.5 Å². The maximum atomic E-state index is 13.6. The zero-order chi connectivity index (χ0) is 61.1. The lowest BCUT2D eigenvalue weighted by atomic mass is 9.86. The molecule has 12 nitrogen and oxygen atoms in total. The molecule has 6 rings (SSSR count). The number of carbonyl (C=O) groups is 6. The second kappa shape index (κ2) is 34.8. The first-order valence-electron chi connectivity index (χ1n) is 28.9. The van der Waals surface area contributed by atoms with E-state index >= 15 is 0 Å². The van der Waals surface area contributed by atoms with Gasteiger partial charge in [-0.3, -0.25) is 28.8 Å². The van der Waals surface area contributed by atoms with E-state index < -0.39 is 10.8 Å². The number of esters is 2. The van der Waals surface area contributed by atoms with E-state index in [2.05, 4.69) is 135 Å². The zero-order valence-corrected chi connectivity index (χ0v) is 52.4. The van der Waals surface area contributed by atoms with Crippen molar-refractivity contribution in [2.24, 2.45) is 22.7 Å². The number of carbonyl (C=O) groups excluding carboxylic acids is 6. The molecule has 0 heterocycles. The summed E-state index contributed by atoms with van der Waals surface area (Å²) in [5, 5.41) is 5.64. The molecule has 0 spiro atoms. The van der Waals surface area contributed by atoms with Crippen molar-refractivity contribution in [3.8, 4) is 0 Å². The van der Waals surface area contributed by atoms with Gasteiger partial charge in [0, 0.05) is 68.5 Å². The van der Waals surface area contributed by atoms with Crippen molar-refractivity contribution >= 4 is 58.8 Å². The van der Waals surface area contributed by atoms with Crippen LogP contribution in [0.1, 0.15) is 129 Å². The minimum absolute atomic E-state index is 0.0711. The Bertz CT molecular complexity index is 2700. The van der Waals surface area contributed by atoms with Gasteiger partial charge in [0.1, 0.15) is 13.2 Å². The van der Waals surface area contributed by atoms with E-state index in [4.69, 9.17) is 18.9 Å². The largest absolute Gasteiger partial charge is 0.463 e.